The molecule has 1 aliphatic rings. The second kappa shape index (κ2) is 13.9. The zero-order chi connectivity index (χ0) is 32.9. The molecule has 2 aromatic rings. The summed E-state index contributed by atoms with van der Waals surface area (Å²) in [6.07, 6.45) is 4.69. The Labute approximate surface area is 261 Å². The number of alkyl carbamates (subject to hydrolysis) is 1. The average Bonchev–Trinajstić information content (AvgIpc) is 3.33. The van der Waals surface area contributed by atoms with Gasteiger partial charge >= 0.3 is 18.0 Å². The second-order valence-corrected chi connectivity index (χ2v) is 13.4. The maximum atomic E-state index is 13.4. The lowest BCUT2D eigenvalue weighted by Gasteiger charge is -2.30. The summed E-state index contributed by atoms with van der Waals surface area (Å²) in [4.78, 5) is 41.2. The van der Waals surface area contributed by atoms with E-state index in [1.165, 1.54) is 0 Å². The van der Waals surface area contributed by atoms with Gasteiger partial charge in [-0.05, 0) is 65.3 Å². The van der Waals surface area contributed by atoms with E-state index < -0.39 is 41.1 Å². The molecule has 9 heteroatoms. The Morgan fingerprint density at radius 1 is 1.09 bits per heavy atom. The van der Waals surface area contributed by atoms with Crippen LogP contribution in [-0.2, 0) is 29.4 Å². The number of benzene rings is 2. The van der Waals surface area contributed by atoms with Gasteiger partial charge in [0.2, 0.25) is 0 Å². The van der Waals surface area contributed by atoms with E-state index in [0.717, 1.165) is 40.5 Å². The molecule has 240 valence electrons. The molecule has 1 unspecified atom stereocenters. The number of nitrogens with one attached hydrogen (secondary N) is 1. The number of rotatable bonds is 12. The first-order chi connectivity index (χ1) is 20.6. The van der Waals surface area contributed by atoms with Crippen molar-refractivity contribution in [2.75, 3.05) is 34.4 Å². The topological polar surface area (TPSA) is 103 Å². The van der Waals surface area contributed by atoms with Crippen molar-refractivity contribution in [3.8, 4) is 5.75 Å². The summed E-state index contributed by atoms with van der Waals surface area (Å²) in [6, 6.07) is 8.14. The van der Waals surface area contributed by atoms with Gasteiger partial charge in [0.1, 0.15) is 23.4 Å². The van der Waals surface area contributed by atoms with Crippen LogP contribution in [0, 0.1) is 10.8 Å². The number of amides is 1. The Hall–Kier alpha value is -3.69. The number of esters is 2. The molecule has 0 saturated carbocycles. The maximum Gasteiger partial charge on any atom is 0.407 e. The zero-order valence-electron chi connectivity index (χ0n) is 27.5. The molecule has 1 fully saturated rings. The van der Waals surface area contributed by atoms with Crippen molar-refractivity contribution in [1.29, 1.82) is 0 Å². The van der Waals surface area contributed by atoms with Crippen LogP contribution >= 0.6 is 0 Å². The highest BCUT2D eigenvalue weighted by Gasteiger charge is 2.49. The summed E-state index contributed by atoms with van der Waals surface area (Å²) < 4.78 is 22.4. The van der Waals surface area contributed by atoms with Crippen molar-refractivity contribution in [3.05, 3.63) is 60.7 Å². The fourth-order valence-electron chi connectivity index (χ4n) is 5.54. The number of hydrogen-bond donors (Lipinski definition) is 1. The first-order valence-electron chi connectivity index (χ1n) is 14.9. The Kier molecular flexibility index (Phi) is 11.0. The fraction of sp³-hybridized carbons (Fsp3) is 0.514. The molecular formula is C35H48N2O7. The van der Waals surface area contributed by atoms with Crippen molar-refractivity contribution >= 4 is 34.9 Å². The molecule has 3 rings (SSSR count). The molecule has 0 bridgehead atoms. The second-order valence-electron chi connectivity index (χ2n) is 13.4. The SMILES string of the molecule is C=CCCC(C)(C)COC(=O)N[C@H](C(=O)OC(=O)C1C[C@@](OC)(c2ccc3cc(OC)c(C=C)cc3c2)CN1C)C(C)(C)C. The standard InChI is InChI=1S/C35H48N2O7/c1-11-13-16-34(6,7)22-43-32(40)36-29(33(3,4)5)31(39)44-30(38)27-20-35(42-10,21-37(27)8)26-15-14-24-19-28(41-9)23(12-2)17-25(24)18-26/h11-12,14-15,17-19,27,29H,1-2,13,16,20-22H2,3-10H3,(H,36,40)/t27?,29-,35+/m1/s1. The number of allylic oxidation sites excluding steroid dienone is 1. The molecular weight excluding hydrogens is 560 g/mol. The van der Waals surface area contributed by atoms with Crippen molar-refractivity contribution in [2.24, 2.45) is 10.8 Å². The smallest absolute Gasteiger partial charge is 0.407 e. The number of likely N-dealkylation sites (N-methyl/N-ethyl adjacent to an activating group) is 1. The Morgan fingerprint density at radius 3 is 2.39 bits per heavy atom. The first kappa shape index (κ1) is 34.8. The highest BCUT2D eigenvalue weighted by atomic mass is 16.6. The molecule has 1 amide bonds. The largest absolute Gasteiger partial charge is 0.496 e. The lowest BCUT2D eigenvalue weighted by atomic mass is 9.86. The molecule has 0 aliphatic carbocycles. The zero-order valence-corrected chi connectivity index (χ0v) is 27.5. The summed E-state index contributed by atoms with van der Waals surface area (Å²) in [7, 11) is 5.04. The summed E-state index contributed by atoms with van der Waals surface area (Å²) in [5.41, 5.74) is -0.0478. The van der Waals surface area contributed by atoms with Crippen LogP contribution in [0.4, 0.5) is 4.79 Å². The predicted octanol–water partition coefficient (Wildman–Crippen LogP) is 6.24. The van der Waals surface area contributed by atoms with Gasteiger partial charge in [-0.3, -0.25) is 4.90 Å². The normalized spacial score (nSPS) is 19.7. The summed E-state index contributed by atoms with van der Waals surface area (Å²) in [6.45, 7) is 17.5. The molecule has 1 heterocycles. The van der Waals surface area contributed by atoms with Crippen LogP contribution < -0.4 is 10.1 Å². The summed E-state index contributed by atoms with van der Waals surface area (Å²) >= 11 is 0. The van der Waals surface area contributed by atoms with Crippen molar-refractivity contribution in [3.63, 3.8) is 0 Å². The molecule has 1 saturated heterocycles. The minimum Gasteiger partial charge on any atom is -0.496 e. The van der Waals surface area contributed by atoms with Crippen molar-refractivity contribution in [2.45, 2.75) is 71.6 Å². The van der Waals surface area contributed by atoms with Gasteiger partial charge in [-0.15, -0.1) is 6.58 Å². The number of carbonyl (C=O) groups is 3. The number of methoxy groups -OCH3 is 2. The van der Waals surface area contributed by atoms with Gasteiger partial charge in [0.05, 0.1) is 13.7 Å². The highest BCUT2D eigenvalue weighted by molar-refractivity contribution is 5.93. The van der Waals surface area contributed by atoms with Crippen molar-refractivity contribution in [1.82, 2.24) is 10.2 Å². The molecule has 2 aromatic carbocycles. The Balaban J connectivity index is 1.75. The molecule has 44 heavy (non-hydrogen) atoms. The lowest BCUT2D eigenvalue weighted by molar-refractivity contribution is -0.165. The number of ether oxygens (including phenoxy) is 4. The van der Waals surface area contributed by atoms with Crippen LogP contribution in [0.1, 0.15) is 65.0 Å². The Morgan fingerprint density at radius 2 is 1.80 bits per heavy atom. The number of carbonyl (C=O) groups excluding carboxylic acids is 3. The minimum atomic E-state index is -1.11. The molecule has 1 N–H and O–H groups in total. The van der Waals surface area contributed by atoms with E-state index in [9.17, 15) is 14.4 Å². The van der Waals surface area contributed by atoms with E-state index in [1.807, 2.05) is 55.2 Å². The average molecular weight is 609 g/mol. The third-order valence-corrected chi connectivity index (χ3v) is 8.34. The van der Waals surface area contributed by atoms with Crippen LogP contribution in [-0.4, -0.2) is 69.4 Å². The first-order valence-corrected chi connectivity index (χ1v) is 14.9. The molecule has 9 nitrogen and oxygen atoms in total. The molecule has 1 aliphatic heterocycles. The highest BCUT2D eigenvalue weighted by Crippen LogP contribution is 2.40. The fourth-order valence-corrected chi connectivity index (χ4v) is 5.54. The van der Waals surface area contributed by atoms with Gasteiger partial charge in [-0.1, -0.05) is 65.5 Å². The van der Waals surface area contributed by atoms with Crippen molar-refractivity contribution < 1.29 is 33.3 Å². The number of hydrogen-bond acceptors (Lipinski definition) is 8. The van der Waals surface area contributed by atoms with E-state index in [4.69, 9.17) is 18.9 Å². The van der Waals surface area contributed by atoms with E-state index in [2.05, 4.69) is 18.5 Å². The Bertz CT molecular complexity index is 1390. The quantitative estimate of drug-likeness (QED) is 0.172. The molecule has 3 atom stereocenters. The van der Waals surface area contributed by atoms with Crippen LogP contribution in [0.3, 0.4) is 0 Å². The summed E-state index contributed by atoms with van der Waals surface area (Å²) in [5.74, 6) is -0.811. The molecule has 0 spiro atoms. The number of fused-ring (bicyclic) bond motifs is 1. The third kappa shape index (κ3) is 8.07. The van der Waals surface area contributed by atoms with Gasteiger partial charge in [-0.2, -0.15) is 0 Å². The summed E-state index contributed by atoms with van der Waals surface area (Å²) in [5, 5.41) is 4.59. The number of nitrogens with zero attached hydrogens (tertiary/aromatic N) is 1. The van der Waals surface area contributed by atoms with E-state index >= 15 is 0 Å². The molecule has 0 radical (unpaired) electrons. The van der Waals surface area contributed by atoms with Crippen LogP contribution in [0.2, 0.25) is 0 Å². The van der Waals surface area contributed by atoms with Crippen LogP contribution in [0.15, 0.2) is 49.6 Å². The van der Waals surface area contributed by atoms with Gasteiger partial charge < -0.3 is 24.3 Å². The predicted molar refractivity (Wildman–Crippen MR) is 172 cm³/mol. The van der Waals surface area contributed by atoms with E-state index in [1.54, 1.807) is 48.1 Å². The van der Waals surface area contributed by atoms with Gasteiger partial charge in [0.15, 0.2) is 0 Å². The van der Waals surface area contributed by atoms with Gasteiger partial charge in [0, 0.05) is 25.6 Å². The molecule has 0 aromatic heterocycles. The van der Waals surface area contributed by atoms with E-state index in [0.29, 0.717) is 6.54 Å². The lowest BCUT2D eigenvalue weighted by Crippen LogP contribution is -2.51. The maximum absolute atomic E-state index is 13.4. The number of likely N-dealkylation sites (tertiary alicyclic amines) is 1. The minimum absolute atomic E-state index is 0.167. The van der Waals surface area contributed by atoms with Crippen LogP contribution in [0.25, 0.3) is 16.8 Å². The van der Waals surface area contributed by atoms with Gasteiger partial charge in [0.25, 0.3) is 0 Å². The monoisotopic (exact) mass is 608 g/mol. The van der Waals surface area contributed by atoms with Crippen LogP contribution in [0.5, 0.6) is 5.75 Å². The van der Waals surface area contributed by atoms with E-state index in [-0.39, 0.29) is 18.4 Å². The van der Waals surface area contributed by atoms with Gasteiger partial charge in [-0.25, -0.2) is 14.4 Å². The third-order valence-electron chi connectivity index (χ3n) is 8.34.